The highest BCUT2D eigenvalue weighted by Gasteiger charge is 2.55. The first-order valence-electron chi connectivity index (χ1n) is 6.89. The van der Waals surface area contributed by atoms with Crippen molar-refractivity contribution >= 4 is 35.6 Å². The Morgan fingerprint density at radius 3 is 2.19 bits per heavy atom. The van der Waals surface area contributed by atoms with Crippen LogP contribution in [0.1, 0.15) is 13.8 Å². The highest BCUT2D eigenvalue weighted by molar-refractivity contribution is 6.18. The van der Waals surface area contributed by atoms with Crippen molar-refractivity contribution in [2.24, 2.45) is 0 Å². The van der Waals surface area contributed by atoms with Crippen LogP contribution in [-0.4, -0.2) is 73.8 Å². The Bertz CT molecular complexity index is 316. The number of hydrogen-bond donors (Lipinski definition) is 0. The van der Waals surface area contributed by atoms with E-state index in [9.17, 15) is 0 Å². The van der Waals surface area contributed by atoms with Crippen LogP contribution in [0.15, 0.2) is 0 Å². The standard InChI is InChI=1S/C13H23Cl2NO4.ClH/c1-13(2)19-10-9(8-16(6-4-14)7-5-15)18-12(17-3)11(10)20-13;/h9-12H,4-8H2,1-3H3;1H. The van der Waals surface area contributed by atoms with Crippen molar-refractivity contribution in [2.45, 2.75) is 44.2 Å². The fourth-order valence-corrected chi connectivity index (χ4v) is 3.24. The Balaban J connectivity index is 0.00000220. The van der Waals surface area contributed by atoms with Gasteiger partial charge in [-0.15, -0.1) is 35.6 Å². The lowest BCUT2D eigenvalue weighted by Crippen LogP contribution is -2.41. The molecule has 2 aliphatic heterocycles. The van der Waals surface area contributed by atoms with Crippen LogP contribution in [0, 0.1) is 0 Å². The quantitative estimate of drug-likeness (QED) is 0.647. The van der Waals surface area contributed by atoms with Gasteiger partial charge in [0.1, 0.15) is 18.3 Å². The maximum atomic E-state index is 5.95. The molecule has 2 rings (SSSR count). The molecule has 126 valence electrons. The summed E-state index contributed by atoms with van der Waals surface area (Å²) in [4.78, 5) is 2.18. The van der Waals surface area contributed by atoms with Crippen LogP contribution in [0.25, 0.3) is 0 Å². The molecule has 0 amide bonds. The van der Waals surface area contributed by atoms with Crippen molar-refractivity contribution in [3.05, 3.63) is 0 Å². The zero-order chi connectivity index (χ0) is 14.8. The molecule has 5 nitrogen and oxygen atoms in total. The molecule has 0 aromatic heterocycles. The molecule has 0 aliphatic carbocycles. The van der Waals surface area contributed by atoms with Crippen molar-refractivity contribution in [1.82, 2.24) is 4.90 Å². The van der Waals surface area contributed by atoms with Crippen LogP contribution in [0.4, 0.5) is 0 Å². The van der Waals surface area contributed by atoms with Gasteiger partial charge in [0.25, 0.3) is 0 Å². The zero-order valence-corrected chi connectivity index (χ0v) is 14.9. The van der Waals surface area contributed by atoms with E-state index in [0.29, 0.717) is 18.3 Å². The van der Waals surface area contributed by atoms with Crippen molar-refractivity contribution in [3.8, 4) is 0 Å². The summed E-state index contributed by atoms with van der Waals surface area (Å²) in [6, 6.07) is 0. The fourth-order valence-electron chi connectivity index (χ4n) is 2.77. The number of alkyl halides is 2. The number of rotatable bonds is 7. The monoisotopic (exact) mass is 363 g/mol. The molecule has 2 aliphatic rings. The van der Waals surface area contributed by atoms with Crippen molar-refractivity contribution < 1.29 is 18.9 Å². The summed E-state index contributed by atoms with van der Waals surface area (Å²) < 4.78 is 23.1. The van der Waals surface area contributed by atoms with Gasteiger partial charge >= 0.3 is 0 Å². The first-order valence-corrected chi connectivity index (χ1v) is 7.96. The summed E-state index contributed by atoms with van der Waals surface area (Å²) in [6.45, 7) is 6.07. The SMILES string of the molecule is COC1OC(CN(CCCl)CCCl)C2OC(C)(C)OC12.Cl. The lowest BCUT2D eigenvalue weighted by atomic mass is 10.1. The maximum Gasteiger partial charge on any atom is 0.186 e. The summed E-state index contributed by atoms with van der Waals surface area (Å²) in [5.41, 5.74) is 0. The molecular weight excluding hydrogens is 341 g/mol. The minimum atomic E-state index is -0.599. The molecule has 0 N–H and O–H groups in total. The van der Waals surface area contributed by atoms with E-state index in [1.54, 1.807) is 7.11 Å². The molecule has 0 aromatic carbocycles. The van der Waals surface area contributed by atoms with Crippen molar-refractivity contribution in [3.63, 3.8) is 0 Å². The van der Waals surface area contributed by atoms with Crippen LogP contribution in [-0.2, 0) is 18.9 Å². The smallest absolute Gasteiger partial charge is 0.186 e. The van der Waals surface area contributed by atoms with Gasteiger partial charge in [0.2, 0.25) is 0 Å². The third kappa shape index (κ3) is 4.82. The van der Waals surface area contributed by atoms with E-state index in [1.165, 1.54) is 0 Å². The van der Waals surface area contributed by atoms with E-state index < -0.39 is 5.79 Å². The third-order valence-electron chi connectivity index (χ3n) is 3.58. The summed E-state index contributed by atoms with van der Waals surface area (Å²) in [5.74, 6) is 0.528. The maximum absolute atomic E-state index is 5.95. The van der Waals surface area contributed by atoms with Crippen LogP contribution in [0.2, 0.25) is 0 Å². The third-order valence-corrected chi connectivity index (χ3v) is 3.92. The highest BCUT2D eigenvalue weighted by Crippen LogP contribution is 2.39. The van der Waals surface area contributed by atoms with Crippen LogP contribution in [0.3, 0.4) is 0 Å². The average Bonchev–Trinajstić information content (AvgIpc) is 2.84. The topological polar surface area (TPSA) is 40.2 Å². The number of nitrogens with zero attached hydrogens (tertiary/aromatic N) is 1. The number of ether oxygens (including phenoxy) is 4. The van der Waals surface area contributed by atoms with Gasteiger partial charge < -0.3 is 18.9 Å². The van der Waals surface area contributed by atoms with E-state index in [0.717, 1.165) is 13.1 Å². The molecule has 2 fully saturated rings. The lowest BCUT2D eigenvalue weighted by Gasteiger charge is -2.27. The van der Waals surface area contributed by atoms with Crippen molar-refractivity contribution in [1.29, 1.82) is 0 Å². The van der Waals surface area contributed by atoms with E-state index in [4.69, 9.17) is 42.1 Å². The molecule has 0 radical (unpaired) electrons. The van der Waals surface area contributed by atoms with Crippen LogP contribution < -0.4 is 0 Å². The molecule has 4 atom stereocenters. The predicted octanol–water partition coefficient (Wildman–Crippen LogP) is 2.08. The van der Waals surface area contributed by atoms with Crippen LogP contribution >= 0.6 is 35.6 Å². The molecular formula is C13H24Cl3NO4. The fraction of sp³-hybridized carbons (Fsp3) is 1.00. The summed E-state index contributed by atoms with van der Waals surface area (Å²) >= 11 is 11.6. The number of methoxy groups -OCH3 is 1. The number of fused-ring (bicyclic) bond motifs is 1. The van der Waals surface area contributed by atoms with Gasteiger partial charge in [-0.1, -0.05) is 0 Å². The molecule has 2 saturated heterocycles. The van der Waals surface area contributed by atoms with Gasteiger partial charge in [-0.3, -0.25) is 4.90 Å². The first-order chi connectivity index (χ1) is 9.50. The Morgan fingerprint density at radius 2 is 1.67 bits per heavy atom. The molecule has 0 saturated carbocycles. The average molecular weight is 365 g/mol. The van der Waals surface area contributed by atoms with Gasteiger partial charge in [0.05, 0.1) is 0 Å². The van der Waals surface area contributed by atoms with Gasteiger partial charge in [-0.05, 0) is 13.8 Å². The zero-order valence-electron chi connectivity index (χ0n) is 12.6. The minimum absolute atomic E-state index is 0. The molecule has 8 heteroatoms. The Kier molecular flexibility index (Phi) is 7.98. The van der Waals surface area contributed by atoms with Gasteiger partial charge in [0, 0.05) is 38.5 Å². The molecule has 21 heavy (non-hydrogen) atoms. The van der Waals surface area contributed by atoms with E-state index in [2.05, 4.69) is 4.90 Å². The first kappa shape index (κ1) is 19.7. The summed E-state index contributed by atoms with van der Waals surface area (Å²) in [5, 5.41) is 0. The molecule has 0 bridgehead atoms. The van der Waals surface area contributed by atoms with E-state index in [1.807, 2.05) is 13.8 Å². The Morgan fingerprint density at radius 1 is 1.10 bits per heavy atom. The Labute approximate surface area is 142 Å². The highest BCUT2D eigenvalue weighted by atomic mass is 35.5. The van der Waals surface area contributed by atoms with E-state index >= 15 is 0 Å². The van der Waals surface area contributed by atoms with Crippen molar-refractivity contribution in [2.75, 3.05) is 38.5 Å². The second-order valence-electron chi connectivity index (χ2n) is 5.52. The second kappa shape index (κ2) is 8.50. The normalized spacial score (nSPS) is 34.0. The molecule has 0 spiro atoms. The van der Waals surface area contributed by atoms with Gasteiger partial charge in [-0.2, -0.15) is 0 Å². The van der Waals surface area contributed by atoms with Crippen LogP contribution in [0.5, 0.6) is 0 Å². The predicted molar refractivity (Wildman–Crippen MR) is 84.6 cm³/mol. The second-order valence-corrected chi connectivity index (χ2v) is 6.28. The molecule has 2 heterocycles. The van der Waals surface area contributed by atoms with Gasteiger partial charge in [0.15, 0.2) is 12.1 Å². The molecule has 0 aromatic rings. The van der Waals surface area contributed by atoms with E-state index in [-0.39, 0.29) is 37.0 Å². The number of hydrogen-bond acceptors (Lipinski definition) is 5. The minimum Gasteiger partial charge on any atom is -0.353 e. The van der Waals surface area contributed by atoms with Gasteiger partial charge in [-0.25, -0.2) is 0 Å². The number of halogens is 3. The molecule has 4 unspecified atom stereocenters. The summed E-state index contributed by atoms with van der Waals surface area (Å²) in [7, 11) is 1.62. The Hall–Kier alpha value is 0.670. The lowest BCUT2D eigenvalue weighted by molar-refractivity contribution is -0.228. The largest absolute Gasteiger partial charge is 0.353 e. The summed E-state index contributed by atoms with van der Waals surface area (Å²) in [6.07, 6.45) is -0.796.